The minimum absolute atomic E-state index is 0.707. The van der Waals surface area contributed by atoms with Gasteiger partial charge in [0.15, 0.2) is 0 Å². The first-order chi connectivity index (χ1) is 8.25. The molecule has 1 saturated heterocycles. The van der Waals surface area contributed by atoms with E-state index in [9.17, 15) is 0 Å². The van der Waals surface area contributed by atoms with Gasteiger partial charge in [0.25, 0.3) is 0 Å². The average molecular weight is 232 g/mol. The summed E-state index contributed by atoms with van der Waals surface area (Å²) in [4.78, 5) is 4.32. The van der Waals surface area contributed by atoms with Crippen LogP contribution in [0.2, 0.25) is 0 Å². The van der Waals surface area contributed by atoms with E-state index >= 15 is 0 Å². The van der Waals surface area contributed by atoms with Crippen LogP contribution in [0.5, 0.6) is 0 Å². The Morgan fingerprint density at radius 3 is 3.00 bits per heavy atom. The molecule has 2 rings (SSSR count). The molecule has 0 aliphatic carbocycles. The minimum atomic E-state index is 0.707. The van der Waals surface area contributed by atoms with Crippen LogP contribution < -0.4 is 5.32 Å². The van der Waals surface area contributed by atoms with Gasteiger partial charge >= 0.3 is 0 Å². The van der Waals surface area contributed by atoms with Crippen molar-refractivity contribution in [2.75, 3.05) is 25.1 Å². The molecule has 1 N–H and O–H groups in total. The van der Waals surface area contributed by atoms with Gasteiger partial charge in [-0.2, -0.15) is 0 Å². The Morgan fingerprint density at radius 2 is 2.29 bits per heavy atom. The van der Waals surface area contributed by atoms with Crippen molar-refractivity contribution in [2.24, 2.45) is 5.92 Å². The topological polar surface area (TPSA) is 34.2 Å². The first-order valence-corrected chi connectivity index (χ1v) is 6.19. The molecule has 92 valence electrons. The van der Waals surface area contributed by atoms with Gasteiger partial charge in [-0.1, -0.05) is 12.2 Å². The minimum Gasteiger partial charge on any atom is -0.381 e. The highest BCUT2D eigenvalue weighted by atomic mass is 16.5. The van der Waals surface area contributed by atoms with Crippen molar-refractivity contribution in [1.29, 1.82) is 0 Å². The normalized spacial score (nSPS) is 16.8. The zero-order chi connectivity index (χ0) is 12.1. The van der Waals surface area contributed by atoms with E-state index in [0.29, 0.717) is 5.92 Å². The van der Waals surface area contributed by atoms with Gasteiger partial charge in [0.1, 0.15) is 5.82 Å². The van der Waals surface area contributed by atoms with Crippen LogP contribution in [0.25, 0.3) is 5.57 Å². The number of allylic oxidation sites excluding steroid dienone is 1. The number of nitrogens with one attached hydrogen (secondary N) is 1. The van der Waals surface area contributed by atoms with E-state index < -0.39 is 0 Å². The second-order valence-electron chi connectivity index (χ2n) is 4.65. The molecule has 17 heavy (non-hydrogen) atoms. The quantitative estimate of drug-likeness (QED) is 0.866. The molecule has 3 nitrogen and oxygen atoms in total. The molecule has 0 spiro atoms. The summed E-state index contributed by atoms with van der Waals surface area (Å²) in [7, 11) is 0. The molecule has 3 heteroatoms. The van der Waals surface area contributed by atoms with Crippen LogP contribution >= 0.6 is 0 Å². The molecular formula is C14H20N2O. The number of nitrogens with zero attached hydrogens (tertiary/aromatic N) is 1. The number of hydrogen-bond acceptors (Lipinski definition) is 3. The summed E-state index contributed by atoms with van der Waals surface area (Å²) in [6.45, 7) is 8.73. The molecule has 0 radical (unpaired) electrons. The third kappa shape index (κ3) is 3.56. The third-order valence-electron chi connectivity index (χ3n) is 3.17. The first kappa shape index (κ1) is 12.1. The average Bonchev–Trinajstić information content (AvgIpc) is 2.38. The van der Waals surface area contributed by atoms with Gasteiger partial charge in [-0.05, 0) is 43.4 Å². The molecule has 0 bridgehead atoms. The number of pyridine rings is 1. The molecule has 1 aliphatic rings. The predicted molar refractivity (Wildman–Crippen MR) is 71.0 cm³/mol. The van der Waals surface area contributed by atoms with Crippen molar-refractivity contribution in [1.82, 2.24) is 4.98 Å². The number of hydrogen-bond donors (Lipinski definition) is 1. The molecule has 1 aromatic heterocycles. The second-order valence-corrected chi connectivity index (χ2v) is 4.65. The number of ether oxygens (including phenoxy) is 1. The Balaban J connectivity index is 1.89. The van der Waals surface area contributed by atoms with Gasteiger partial charge in [-0.15, -0.1) is 0 Å². The van der Waals surface area contributed by atoms with E-state index in [-0.39, 0.29) is 0 Å². The summed E-state index contributed by atoms with van der Waals surface area (Å²) in [5.41, 5.74) is 2.22. The second kappa shape index (κ2) is 5.82. The zero-order valence-electron chi connectivity index (χ0n) is 10.4. The lowest BCUT2D eigenvalue weighted by atomic mass is 10.0. The molecule has 0 unspecified atom stereocenters. The maximum absolute atomic E-state index is 5.35. The van der Waals surface area contributed by atoms with Crippen LogP contribution in [-0.4, -0.2) is 24.7 Å². The maximum atomic E-state index is 5.35. The van der Waals surface area contributed by atoms with E-state index in [1.807, 2.05) is 19.2 Å². The van der Waals surface area contributed by atoms with Gasteiger partial charge in [-0.3, -0.25) is 0 Å². The van der Waals surface area contributed by atoms with Crippen LogP contribution in [0.15, 0.2) is 24.9 Å². The highest BCUT2D eigenvalue weighted by Crippen LogP contribution is 2.17. The summed E-state index contributed by atoms with van der Waals surface area (Å²) in [6.07, 6.45) is 4.12. The molecule has 2 heterocycles. The molecule has 1 aromatic rings. The Hall–Kier alpha value is -1.35. The molecule has 0 saturated carbocycles. The Kier molecular flexibility index (Phi) is 4.15. The SMILES string of the molecule is C=C(C)c1ccnc(NCC2CCOCC2)c1. The maximum Gasteiger partial charge on any atom is 0.126 e. The smallest absolute Gasteiger partial charge is 0.126 e. The molecule has 0 aromatic carbocycles. The number of anilines is 1. The molecule has 1 fully saturated rings. The summed E-state index contributed by atoms with van der Waals surface area (Å²) in [5.74, 6) is 1.65. The van der Waals surface area contributed by atoms with Crippen molar-refractivity contribution in [3.8, 4) is 0 Å². The van der Waals surface area contributed by atoms with Crippen molar-refractivity contribution in [2.45, 2.75) is 19.8 Å². The highest BCUT2D eigenvalue weighted by Gasteiger charge is 2.13. The first-order valence-electron chi connectivity index (χ1n) is 6.19. The van der Waals surface area contributed by atoms with Gasteiger partial charge in [0, 0.05) is 26.0 Å². The van der Waals surface area contributed by atoms with E-state index in [2.05, 4.69) is 22.9 Å². The molecular weight excluding hydrogens is 212 g/mol. The summed E-state index contributed by atoms with van der Waals surface area (Å²) >= 11 is 0. The third-order valence-corrected chi connectivity index (χ3v) is 3.17. The van der Waals surface area contributed by atoms with Crippen LogP contribution in [0.4, 0.5) is 5.82 Å². The lowest BCUT2D eigenvalue weighted by Crippen LogP contribution is -2.22. The van der Waals surface area contributed by atoms with Crippen molar-refractivity contribution < 1.29 is 4.74 Å². The largest absolute Gasteiger partial charge is 0.381 e. The molecule has 0 atom stereocenters. The zero-order valence-corrected chi connectivity index (χ0v) is 10.4. The summed E-state index contributed by atoms with van der Waals surface area (Å²) in [5, 5.41) is 3.40. The van der Waals surface area contributed by atoms with Gasteiger partial charge in [0.2, 0.25) is 0 Å². The van der Waals surface area contributed by atoms with E-state index in [4.69, 9.17) is 4.74 Å². The van der Waals surface area contributed by atoms with Crippen LogP contribution in [0.3, 0.4) is 0 Å². The fourth-order valence-electron chi connectivity index (χ4n) is 1.99. The monoisotopic (exact) mass is 232 g/mol. The van der Waals surface area contributed by atoms with E-state index in [0.717, 1.165) is 49.6 Å². The van der Waals surface area contributed by atoms with Crippen molar-refractivity contribution >= 4 is 11.4 Å². The Labute approximate surface area is 103 Å². The lowest BCUT2D eigenvalue weighted by Gasteiger charge is -2.22. The molecule has 1 aliphatic heterocycles. The number of rotatable bonds is 4. The lowest BCUT2D eigenvalue weighted by molar-refractivity contribution is 0.0699. The number of aromatic nitrogens is 1. The van der Waals surface area contributed by atoms with E-state index in [1.54, 1.807) is 0 Å². The predicted octanol–water partition coefficient (Wildman–Crippen LogP) is 2.95. The summed E-state index contributed by atoms with van der Waals surface area (Å²) < 4.78 is 5.35. The van der Waals surface area contributed by atoms with Gasteiger partial charge in [0.05, 0.1) is 0 Å². The van der Waals surface area contributed by atoms with Crippen molar-refractivity contribution in [3.63, 3.8) is 0 Å². The highest BCUT2D eigenvalue weighted by molar-refractivity contribution is 5.63. The van der Waals surface area contributed by atoms with E-state index in [1.165, 1.54) is 0 Å². The Morgan fingerprint density at radius 1 is 1.53 bits per heavy atom. The summed E-state index contributed by atoms with van der Waals surface area (Å²) in [6, 6.07) is 4.05. The van der Waals surface area contributed by atoms with Crippen LogP contribution in [0.1, 0.15) is 25.3 Å². The fraction of sp³-hybridized carbons (Fsp3) is 0.500. The van der Waals surface area contributed by atoms with Crippen molar-refractivity contribution in [3.05, 3.63) is 30.5 Å². The standard InChI is InChI=1S/C14H20N2O/c1-11(2)13-3-6-15-14(9-13)16-10-12-4-7-17-8-5-12/h3,6,9,12H,1,4-5,7-8,10H2,2H3,(H,15,16). The fourth-order valence-corrected chi connectivity index (χ4v) is 1.99. The van der Waals surface area contributed by atoms with Crippen LogP contribution in [-0.2, 0) is 4.74 Å². The Bertz CT molecular complexity index is 384. The van der Waals surface area contributed by atoms with Gasteiger partial charge in [-0.25, -0.2) is 4.98 Å². The van der Waals surface area contributed by atoms with Gasteiger partial charge < -0.3 is 10.1 Å². The molecule has 0 amide bonds. The van der Waals surface area contributed by atoms with Crippen LogP contribution in [0, 0.1) is 5.92 Å².